The van der Waals surface area contributed by atoms with Crippen molar-refractivity contribution < 1.29 is 4.74 Å². The first-order valence-electron chi connectivity index (χ1n) is 11.5. The Balaban J connectivity index is 1.41. The fourth-order valence-corrected chi connectivity index (χ4v) is 4.72. The number of likely N-dealkylation sites (tertiary alicyclic amines) is 1. The first-order chi connectivity index (χ1) is 17.0. The molecule has 1 saturated heterocycles. The second kappa shape index (κ2) is 11.3. The Morgan fingerprint density at radius 2 is 2.03 bits per heavy atom. The summed E-state index contributed by atoms with van der Waals surface area (Å²) in [4.78, 5) is 7.82. The standard InChI is InChI=1S/C26H31N7OS/c1-4-24(9-7-21-6-8-22(16-29-21)32-13-11-23(34-3)12-14-32)35-26(28)33-18-19(5-10-25(33)27)20-15-30-31(2)17-20/h4-5,7-10,15-18,23,27-28H,1,6,11-14H2,2-3H3/b21-7+,24-9+,27-25?,28-26?. The molecule has 35 heavy (non-hydrogen) atoms. The lowest BCUT2D eigenvalue weighted by Crippen LogP contribution is -2.36. The maximum Gasteiger partial charge on any atom is 0.171 e. The minimum Gasteiger partial charge on any atom is -0.381 e. The Hall–Kier alpha value is -3.43. The second-order valence-corrected chi connectivity index (χ2v) is 9.49. The number of nitrogens with zero attached hydrogens (tertiary/aromatic N) is 5. The van der Waals surface area contributed by atoms with Gasteiger partial charge in [-0.25, -0.2) is 0 Å². The van der Waals surface area contributed by atoms with Crippen molar-refractivity contribution in [2.75, 3.05) is 20.2 Å². The molecule has 2 N–H and O–H groups in total. The summed E-state index contributed by atoms with van der Waals surface area (Å²) >= 11 is 1.25. The number of allylic oxidation sites excluding steroid dienone is 5. The monoisotopic (exact) mass is 489 g/mol. The first kappa shape index (κ1) is 24.7. The fraction of sp³-hybridized carbons (Fsp3) is 0.308. The molecule has 0 amide bonds. The van der Waals surface area contributed by atoms with Crippen LogP contribution >= 0.6 is 11.8 Å². The second-order valence-electron chi connectivity index (χ2n) is 8.43. The van der Waals surface area contributed by atoms with Crippen LogP contribution in [0.15, 0.2) is 82.9 Å². The van der Waals surface area contributed by atoms with Gasteiger partial charge in [0, 0.05) is 67.8 Å². The van der Waals surface area contributed by atoms with Crippen LogP contribution in [0, 0.1) is 10.8 Å². The Morgan fingerprint density at radius 3 is 2.66 bits per heavy atom. The van der Waals surface area contributed by atoms with Gasteiger partial charge in [0.1, 0.15) is 5.49 Å². The number of pyridine rings is 1. The minimum absolute atomic E-state index is 0.221. The van der Waals surface area contributed by atoms with Crippen LogP contribution in [-0.2, 0) is 11.8 Å². The van der Waals surface area contributed by atoms with Crippen molar-refractivity contribution >= 4 is 23.1 Å². The van der Waals surface area contributed by atoms with E-state index in [2.05, 4.69) is 27.6 Å². The molecule has 2 aromatic rings. The quantitative estimate of drug-likeness (QED) is 0.359. The Morgan fingerprint density at radius 1 is 1.23 bits per heavy atom. The van der Waals surface area contributed by atoms with Crippen LogP contribution in [0.1, 0.15) is 19.3 Å². The summed E-state index contributed by atoms with van der Waals surface area (Å²) in [7, 11) is 3.65. The molecule has 0 bridgehead atoms. The summed E-state index contributed by atoms with van der Waals surface area (Å²) in [5.74, 6) is 0. The molecule has 4 heterocycles. The van der Waals surface area contributed by atoms with Crippen LogP contribution in [0.2, 0.25) is 0 Å². The van der Waals surface area contributed by atoms with Gasteiger partial charge in [0.2, 0.25) is 0 Å². The molecular formula is C26H31N7OS. The van der Waals surface area contributed by atoms with Crippen molar-refractivity contribution in [2.45, 2.75) is 25.4 Å². The molecule has 0 aliphatic carbocycles. The number of ether oxygens (including phenoxy) is 1. The number of hydrogen-bond acceptors (Lipinski definition) is 7. The van der Waals surface area contributed by atoms with Gasteiger partial charge in [0.05, 0.1) is 24.2 Å². The van der Waals surface area contributed by atoms with E-state index in [9.17, 15) is 0 Å². The molecule has 182 valence electrons. The molecule has 0 spiro atoms. The lowest BCUT2D eigenvalue weighted by Gasteiger charge is -2.34. The average molecular weight is 490 g/mol. The molecule has 2 aliphatic rings. The molecule has 9 heteroatoms. The van der Waals surface area contributed by atoms with Crippen LogP contribution < -0.4 is 5.49 Å². The summed E-state index contributed by atoms with van der Waals surface area (Å²) in [5, 5.41) is 21.3. The van der Waals surface area contributed by atoms with Crippen LogP contribution in [0.5, 0.6) is 0 Å². The Kier molecular flexibility index (Phi) is 7.99. The Bertz CT molecular complexity index is 1270. The van der Waals surface area contributed by atoms with Gasteiger partial charge in [0.25, 0.3) is 0 Å². The fourth-order valence-electron chi connectivity index (χ4n) is 4.03. The van der Waals surface area contributed by atoms with Crippen LogP contribution in [0.3, 0.4) is 0 Å². The third-order valence-corrected chi connectivity index (χ3v) is 7.01. The van der Waals surface area contributed by atoms with E-state index >= 15 is 0 Å². The summed E-state index contributed by atoms with van der Waals surface area (Å²) < 4.78 is 8.75. The molecule has 2 aromatic heterocycles. The average Bonchev–Trinajstić information content (AvgIpc) is 3.33. The van der Waals surface area contributed by atoms with E-state index in [1.54, 1.807) is 40.9 Å². The zero-order valence-electron chi connectivity index (χ0n) is 20.1. The molecule has 0 radical (unpaired) electrons. The van der Waals surface area contributed by atoms with Gasteiger partial charge in [-0.05, 0) is 37.1 Å². The van der Waals surface area contributed by atoms with Crippen LogP contribution in [0.4, 0.5) is 0 Å². The number of aryl methyl sites for hydroxylation is 1. The van der Waals surface area contributed by atoms with E-state index < -0.39 is 0 Å². The van der Waals surface area contributed by atoms with E-state index in [-0.39, 0.29) is 10.7 Å². The first-order valence-corrected chi connectivity index (χ1v) is 12.4. The van der Waals surface area contributed by atoms with Crippen molar-refractivity contribution in [3.8, 4) is 11.1 Å². The van der Waals surface area contributed by atoms with Gasteiger partial charge in [-0.3, -0.25) is 25.1 Å². The molecule has 0 unspecified atom stereocenters. The number of nitrogens with one attached hydrogen (secondary N) is 2. The van der Waals surface area contributed by atoms with Gasteiger partial charge < -0.3 is 9.64 Å². The van der Waals surface area contributed by atoms with E-state index in [0.29, 0.717) is 6.10 Å². The maximum atomic E-state index is 8.58. The number of aromatic nitrogens is 3. The van der Waals surface area contributed by atoms with Gasteiger partial charge in [-0.2, -0.15) is 5.10 Å². The highest BCUT2D eigenvalue weighted by Crippen LogP contribution is 2.24. The number of methoxy groups -OCH3 is 1. The summed E-state index contributed by atoms with van der Waals surface area (Å²) in [6.07, 6.45) is 18.5. The molecule has 0 saturated carbocycles. The topological polar surface area (TPSA) is 95.3 Å². The summed E-state index contributed by atoms with van der Waals surface area (Å²) in [5.41, 5.74) is 4.21. The lowest BCUT2D eigenvalue weighted by molar-refractivity contribution is 0.0518. The summed E-state index contributed by atoms with van der Waals surface area (Å²) in [6, 6.07) is 3.56. The van der Waals surface area contributed by atoms with E-state index in [0.717, 1.165) is 54.1 Å². The number of rotatable bonds is 6. The predicted octanol–water partition coefficient (Wildman–Crippen LogP) is 4.31. The van der Waals surface area contributed by atoms with Crippen LogP contribution in [-0.4, -0.2) is 56.9 Å². The lowest BCUT2D eigenvalue weighted by atomic mass is 10.1. The number of aliphatic imine (C=N–C) groups is 1. The normalized spacial score (nSPS) is 18.1. The highest BCUT2D eigenvalue weighted by Gasteiger charge is 2.20. The Labute approximate surface area is 210 Å². The molecule has 2 aliphatic heterocycles. The SMILES string of the molecule is C=C/C(=C\C=C1/CC=C(N2CCC(OC)CC2)C=N1)SC(=N)n1cc(-c2cnn(C)c2)ccc1=N. The van der Waals surface area contributed by atoms with E-state index in [4.69, 9.17) is 15.6 Å². The minimum atomic E-state index is 0.221. The maximum absolute atomic E-state index is 8.58. The molecule has 8 nitrogen and oxygen atoms in total. The molecular weight excluding hydrogens is 458 g/mol. The summed E-state index contributed by atoms with van der Waals surface area (Å²) in [6.45, 7) is 5.88. The van der Waals surface area contributed by atoms with Crippen LogP contribution in [0.25, 0.3) is 11.1 Å². The van der Waals surface area contributed by atoms with Crippen molar-refractivity contribution in [2.24, 2.45) is 12.0 Å². The number of hydrogen-bond donors (Lipinski definition) is 2. The zero-order valence-corrected chi connectivity index (χ0v) is 21.0. The van der Waals surface area contributed by atoms with Crippen molar-refractivity contribution in [1.29, 1.82) is 10.8 Å². The number of dihydropyridines is 1. The predicted molar refractivity (Wildman–Crippen MR) is 142 cm³/mol. The number of thioether (sulfide) groups is 1. The highest BCUT2D eigenvalue weighted by atomic mass is 32.2. The largest absolute Gasteiger partial charge is 0.381 e. The van der Waals surface area contributed by atoms with Gasteiger partial charge in [-0.1, -0.05) is 30.5 Å². The van der Waals surface area contributed by atoms with Crippen molar-refractivity contribution in [3.63, 3.8) is 0 Å². The highest BCUT2D eigenvalue weighted by molar-refractivity contribution is 8.17. The van der Waals surface area contributed by atoms with Gasteiger partial charge in [0.15, 0.2) is 5.17 Å². The van der Waals surface area contributed by atoms with Gasteiger partial charge in [-0.15, -0.1) is 0 Å². The zero-order chi connectivity index (χ0) is 24.8. The number of piperidine rings is 1. The van der Waals surface area contributed by atoms with Crippen molar-refractivity contribution in [3.05, 3.63) is 83.4 Å². The van der Waals surface area contributed by atoms with E-state index in [1.165, 1.54) is 17.5 Å². The smallest absolute Gasteiger partial charge is 0.171 e. The third kappa shape index (κ3) is 6.17. The molecule has 0 atom stereocenters. The molecule has 1 fully saturated rings. The van der Waals surface area contributed by atoms with Crippen molar-refractivity contribution in [1.82, 2.24) is 19.2 Å². The molecule has 0 aromatic carbocycles. The van der Waals surface area contributed by atoms with E-state index in [1.807, 2.05) is 37.7 Å². The van der Waals surface area contributed by atoms with Gasteiger partial charge >= 0.3 is 0 Å². The third-order valence-electron chi connectivity index (χ3n) is 6.08. The molecule has 4 rings (SSSR count).